The summed E-state index contributed by atoms with van der Waals surface area (Å²) in [4.78, 5) is 18.2. The van der Waals surface area contributed by atoms with Gasteiger partial charge in [0.05, 0.1) is 11.3 Å². The highest BCUT2D eigenvalue weighted by Gasteiger charge is 2.27. The molecule has 0 unspecified atom stereocenters. The van der Waals surface area contributed by atoms with E-state index in [0.717, 1.165) is 28.4 Å². The number of rotatable bonds is 1. The summed E-state index contributed by atoms with van der Waals surface area (Å²) in [5.41, 5.74) is 2.65. The summed E-state index contributed by atoms with van der Waals surface area (Å²) < 4.78 is 15.1. The van der Waals surface area contributed by atoms with Crippen molar-refractivity contribution in [3.05, 3.63) is 57.6 Å². The molecule has 0 saturated heterocycles. The molecule has 0 saturated carbocycles. The van der Waals surface area contributed by atoms with Crippen molar-refractivity contribution in [1.29, 1.82) is 0 Å². The lowest BCUT2D eigenvalue weighted by Gasteiger charge is -2.30. The molecule has 0 spiro atoms. The summed E-state index contributed by atoms with van der Waals surface area (Å²) in [5.74, 6) is -0.548. The van der Waals surface area contributed by atoms with Crippen LogP contribution in [-0.2, 0) is 6.42 Å². The number of hydrogen-bond acceptors (Lipinski definition) is 2. The second kappa shape index (κ2) is 5.56. The number of fused-ring (bicyclic) bond motifs is 1. The summed E-state index contributed by atoms with van der Waals surface area (Å²) in [5, 5.41) is 0. The van der Waals surface area contributed by atoms with Crippen LogP contribution in [0.2, 0.25) is 0 Å². The first-order valence-electron chi connectivity index (χ1n) is 6.77. The summed E-state index contributed by atoms with van der Waals surface area (Å²) in [7, 11) is 0. The van der Waals surface area contributed by atoms with Gasteiger partial charge in [0, 0.05) is 23.4 Å². The molecule has 1 aromatic heterocycles. The average Bonchev–Trinajstić information content (AvgIpc) is 2.45. The number of nitrogens with zero attached hydrogens (tertiary/aromatic N) is 2. The van der Waals surface area contributed by atoms with Crippen LogP contribution in [0.5, 0.6) is 0 Å². The number of carbonyl (C=O) groups excluding carboxylic acids is 1. The molecule has 2 aromatic rings. The lowest BCUT2D eigenvalue weighted by molar-refractivity contribution is 0.0983. The van der Waals surface area contributed by atoms with Crippen molar-refractivity contribution in [3.8, 4) is 0 Å². The Morgan fingerprint density at radius 3 is 2.90 bits per heavy atom. The Labute approximate surface area is 130 Å². The van der Waals surface area contributed by atoms with Gasteiger partial charge < -0.3 is 4.90 Å². The molecule has 1 aliphatic rings. The van der Waals surface area contributed by atoms with Gasteiger partial charge in [0.15, 0.2) is 0 Å². The van der Waals surface area contributed by atoms with E-state index in [9.17, 15) is 9.18 Å². The molecule has 1 aromatic carbocycles. The van der Waals surface area contributed by atoms with Crippen LogP contribution in [0.3, 0.4) is 0 Å². The van der Waals surface area contributed by atoms with E-state index in [-0.39, 0.29) is 11.7 Å². The van der Waals surface area contributed by atoms with Gasteiger partial charge in [-0.25, -0.2) is 4.39 Å². The Hall–Kier alpha value is -1.75. The van der Waals surface area contributed by atoms with Gasteiger partial charge in [-0.05, 0) is 59.0 Å². The summed E-state index contributed by atoms with van der Waals surface area (Å²) in [6, 6.07) is 5.14. The molecule has 108 valence electrons. The van der Waals surface area contributed by atoms with Gasteiger partial charge in [0.1, 0.15) is 5.82 Å². The van der Waals surface area contributed by atoms with Crippen molar-refractivity contribution >= 4 is 27.5 Å². The van der Waals surface area contributed by atoms with Crippen molar-refractivity contribution in [3.63, 3.8) is 0 Å². The molecule has 3 rings (SSSR count). The van der Waals surface area contributed by atoms with Crippen molar-refractivity contribution in [2.45, 2.75) is 19.8 Å². The topological polar surface area (TPSA) is 33.2 Å². The molecule has 3 nitrogen and oxygen atoms in total. The van der Waals surface area contributed by atoms with Crippen molar-refractivity contribution in [2.75, 3.05) is 11.4 Å². The van der Waals surface area contributed by atoms with E-state index < -0.39 is 0 Å². The van der Waals surface area contributed by atoms with E-state index in [2.05, 4.69) is 20.9 Å². The van der Waals surface area contributed by atoms with E-state index in [1.165, 1.54) is 17.2 Å². The number of hydrogen-bond donors (Lipinski definition) is 0. The van der Waals surface area contributed by atoms with Crippen LogP contribution in [0.15, 0.2) is 35.1 Å². The number of anilines is 1. The third-order valence-corrected chi connectivity index (χ3v) is 4.02. The van der Waals surface area contributed by atoms with Crippen LogP contribution >= 0.6 is 15.9 Å². The largest absolute Gasteiger partial charge is 0.305 e. The molecule has 2 heterocycles. The Balaban J connectivity index is 2.04. The Kier molecular flexibility index (Phi) is 3.76. The third kappa shape index (κ3) is 2.70. The lowest BCUT2D eigenvalue weighted by Crippen LogP contribution is -2.36. The monoisotopic (exact) mass is 348 g/mol. The standard InChI is InChI=1S/C16H14BrFN2O/c1-10-5-11-3-2-4-20(15(11)14(18)6-10)16(21)12-7-13(17)9-19-8-12/h5-9H,2-4H2,1H3. The van der Waals surface area contributed by atoms with E-state index in [1.54, 1.807) is 12.3 Å². The smallest absolute Gasteiger partial charge is 0.259 e. The molecule has 0 atom stereocenters. The quantitative estimate of drug-likeness (QED) is 0.783. The molecule has 5 heteroatoms. The van der Waals surface area contributed by atoms with Crippen LogP contribution < -0.4 is 4.90 Å². The number of aryl methyl sites for hydroxylation is 2. The first-order valence-corrected chi connectivity index (χ1v) is 7.57. The van der Waals surface area contributed by atoms with E-state index >= 15 is 0 Å². The first kappa shape index (κ1) is 14.2. The fraction of sp³-hybridized carbons (Fsp3) is 0.250. The van der Waals surface area contributed by atoms with Gasteiger partial charge in [-0.15, -0.1) is 0 Å². The highest BCUT2D eigenvalue weighted by molar-refractivity contribution is 9.10. The average molecular weight is 349 g/mol. The Bertz CT molecular complexity index is 717. The summed E-state index contributed by atoms with van der Waals surface area (Å²) in [6.45, 7) is 2.39. The SMILES string of the molecule is Cc1cc(F)c2c(c1)CCCN2C(=O)c1cncc(Br)c1. The van der Waals surface area contributed by atoms with Crippen LogP contribution in [0.4, 0.5) is 10.1 Å². The highest BCUT2D eigenvalue weighted by atomic mass is 79.9. The van der Waals surface area contributed by atoms with Crippen molar-refractivity contribution in [2.24, 2.45) is 0 Å². The summed E-state index contributed by atoms with van der Waals surface area (Å²) in [6.07, 6.45) is 4.76. The minimum absolute atomic E-state index is 0.215. The minimum atomic E-state index is -0.332. The Morgan fingerprint density at radius 2 is 2.14 bits per heavy atom. The summed E-state index contributed by atoms with van der Waals surface area (Å²) >= 11 is 3.30. The molecule has 1 amide bonds. The zero-order valence-electron chi connectivity index (χ0n) is 11.6. The first-order chi connectivity index (χ1) is 10.1. The van der Waals surface area contributed by atoms with Crippen LogP contribution in [0.1, 0.15) is 27.9 Å². The van der Waals surface area contributed by atoms with Crippen molar-refractivity contribution in [1.82, 2.24) is 4.98 Å². The molecule has 0 radical (unpaired) electrons. The normalized spacial score (nSPS) is 14.0. The fourth-order valence-corrected chi connectivity index (χ4v) is 3.09. The van der Waals surface area contributed by atoms with Gasteiger partial charge in [-0.3, -0.25) is 9.78 Å². The molecular formula is C16H14BrFN2O. The number of amides is 1. The lowest BCUT2D eigenvalue weighted by atomic mass is 9.98. The van der Waals surface area contributed by atoms with E-state index in [4.69, 9.17) is 0 Å². The second-order valence-electron chi connectivity index (χ2n) is 5.21. The van der Waals surface area contributed by atoms with Gasteiger partial charge in [0.2, 0.25) is 0 Å². The van der Waals surface area contributed by atoms with Crippen LogP contribution in [0.25, 0.3) is 0 Å². The molecule has 21 heavy (non-hydrogen) atoms. The number of aromatic nitrogens is 1. The van der Waals surface area contributed by atoms with Crippen LogP contribution in [-0.4, -0.2) is 17.4 Å². The molecule has 0 aliphatic carbocycles. The van der Waals surface area contributed by atoms with Crippen molar-refractivity contribution < 1.29 is 9.18 Å². The molecular weight excluding hydrogens is 335 g/mol. The molecule has 1 aliphatic heterocycles. The molecule has 0 N–H and O–H groups in total. The highest BCUT2D eigenvalue weighted by Crippen LogP contribution is 2.32. The van der Waals surface area contributed by atoms with Crippen LogP contribution in [0, 0.1) is 12.7 Å². The molecule has 0 bridgehead atoms. The second-order valence-corrected chi connectivity index (χ2v) is 6.12. The number of benzene rings is 1. The zero-order valence-corrected chi connectivity index (χ0v) is 13.2. The fourth-order valence-electron chi connectivity index (χ4n) is 2.73. The zero-order chi connectivity index (χ0) is 15.0. The number of carbonyl (C=O) groups is 1. The van der Waals surface area contributed by atoms with E-state index in [0.29, 0.717) is 17.8 Å². The maximum Gasteiger partial charge on any atom is 0.259 e. The predicted molar refractivity (Wildman–Crippen MR) is 83.1 cm³/mol. The van der Waals surface area contributed by atoms with Gasteiger partial charge in [0.25, 0.3) is 5.91 Å². The number of halogens is 2. The third-order valence-electron chi connectivity index (χ3n) is 3.58. The van der Waals surface area contributed by atoms with E-state index in [1.807, 2.05) is 13.0 Å². The number of pyridine rings is 1. The minimum Gasteiger partial charge on any atom is -0.305 e. The molecule has 0 fully saturated rings. The van der Waals surface area contributed by atoms with Gasteiger partial charge >= 0.3 is 0 Å². The maximum absolute atomic E-state index is 14.3. The maximum atomic E-state index is 14.3. The van der Waals surface area contributed by atoms with Gasteiger partial charge in [-0.2, -0.15) is 0 Å². The van der Waals surface area contributed by atoms with Gasteiger partial charge in [-0.1, -0.05) is 6.07 Å². The Morgan fingerprint density at radius 1 is 1.33 bits per heavy atom. The predicted octanol–water partition coefficient (Wildman–Crippen LogP) is 3.88.